The first-order valence-corrected chi connectivity index (χ1v) is 15.2. The molecule has 218 valence electrons. The Morgan fingerprint density at radius 2 is 1.79 bits per heavy atom. The van der Waals surface area contributed by atoms with E-state index in [1.807, 2.05) is 0 Å². The molecule has 1 aliphatic carbocycles. The number of hydrogen-bond acceptors (Lipinski definition) is 7. The second kappa shape index (κ2) is 18.2. The van der Waals surface area contributed by atoms with E-state index in [2.05, 4.69) is 31.2 Å². The van der Waals surface area contributed by atoms with E-state index in [1.165, 1.54) is 20.0 Å². The molecule has 7 atom stereocenters. The summed E-state index contributed by atoms with van der Waals surface area (Å²) in [5.74, 6) is -0.0206. The van der Waals surface area contributed by atoms with Gasteiger partial charge < -0.3 is 28.8 Å². The van der Waals surface area contributed by atoms with Crippen molar-refractivity contribution in [3.63, 3.8) is 0 Å². The normalized spacial score (nSPS) is 31.2. The molecular formula is C31H52O7. The Kier molecular flexibility index (Phi) is 15.0. The van der Waals surface area contributed by atoms with Crippen molar-refractivity contribution in [1.82, 2.24) is 0 Å². The largest absolute Gasteiger partial charge is 0.469 e. The fraction of sp³-hybridized carbons (Fsp3) is 0.839. The van der Waals surface area contributed by atoms with Crippen molar-refractivity contribution in [1.29, 1.82) is 0 Å². The number of esters is 1. The summed E-state index contributed by atoms with van der Waals surface area (Å²) in [6.45, 7) is 3.74. The number of hydrogen-bond donors (Lipinski definition) is 1. The first kappa shape index (κ1) is 31.3. The molecule has 0 aromatic carbocycles. The molecule has 38 heavy (non-hydrogen) atoms. The maximum absolute atomic E-state index is 11.3. The van der Waals surface area contributed by atoms with E-state index < -0.39 is 6.10 Å². The van der Waals surface area contributed by atoms with Gasteiger partial charge in [-0.05, 0) is 70.1 Å². The van der Waals surface area contributed by atoms with Gasteiger partial charge in [-0.15, -0.1) is 0 Å². The Bertz CT molecular complexity index is 696. The first-order valence-electron chi connectivity index (χ1n) is 15.2. The minimum absolute atomic E-state index is 0.00323. The number of carbonyl (C=O) groups excluding carboxylic acids is 1. The molecule has 2 aliphatic heterocycles. The molecule has 3 rings (SSSR count). The summed E-state index contributed by atoms with van der Waals surface area (Å²) in [7, 11) is 1.42. The van der Waals surface area contributed by atoms with Crippen LogP contribution in [-0.4, -0.2) is 62.3 Å². The van der Waals surface area contributed by atoms with Crippen molar-refractivity contribution in [2.45, 2.75) is 134 Å². The zero-order valence-corrected chi connectivity index (χ0v) is 23.8. The Hall–Kier alpha value is -1.25. The number of allylic oxidation sites excluding steroid dienone is 2. The molecule has 0 radical (unpaired) electrons. The van der Waals surface area contributed by atoms with Crippen molar-refractivity contribution in [2.75, 3.05) is 20.3 Å². The molecule has 7 heteroatoms. The lowest BCUT2D eigenvalue weighted by molar-refractivity contribution is -0.193. The summed E-state index contributed by atoms with van der Waals surface area (Å²) in [6, 6.07) is 0. The van der Waals surface area contributed by atoms with Crippen LogP contribution in [0.15, 0.2) is 24.3 Å². The van der Waals surface area contributed by atoms with Crippen LogP contribution in [0.3, 0.4) is 0 Å². The Balaban J connectivity index is 1.65. The molecular weight excluding hydrogens is 484 g/mol. The van der Waals surface area contributed by atoms with Crippen LogP contribution in [0.4, 0.5) is 0 Å². The summed E-state index contributed by atoms with van der Waals surface area (Å²) in [5.41, 5.74) is 0. The predicted molar refractivity (Wildman–Crippen MR) is 147 cm³/mol. The first-order chi connectivity index (χ1) is 18.6. The minimum Gasteiger partial charge on any atom is -0.469 e. The number of aliphatic hydroxyl groups is 1. The third kappa shape index (κ3) is 11.1. The van der Waals surface area contributed by atoms with Crippen LogP contribution in [-0.2, 0) is 28.5 Å². The molecule has 2 unspecified atom stereocenters. The lowest BCUT2D eigenvalue weighted by Gasteiger charge is -2.30. The summed E-state index contributed by atoms with van der Waals surface area (Å²) < 4.78 is 29.3. The van der Waals surface area contributed by atoms with Crippen molar-refractivity contribution in [3.05, 3.63) is 24.3 Å². The standard InChI is InChI=1S/C31H52O7/c1-3-4-7-14-24(37-30-17-10-12-21-35-30)19-20-26-25(15-8-5-6-9-16-29(33)34-2)27(32)23-28(26)38-31-18-11-13-22-36-31/h5,8,19-20,24-28,30-32H,3-4,6-7,9-18,21-23H2,1-2H3/t24-,25+,26+,27-,28+,30?,31?/m0/s1. The summed E-state index contributed by atoms with van der Waals surface area (Å²) in [6.07, 6.45) is 22.1. The van der Waals surface area contributed by atoms with Gasteiger partial charge in [-0.2, -0.15) is 0 Å². The highest BCUT2D eigenvalue weighted by molar-refractivity contribution is 5.69. The molecule has 2 heterocycles. The van der Waals surface area contributed by atoms with Gasteiger partial charge in [0.2, 0.25) is 0 Å². The van der Waals surface area contributed by atoms with E-state index in [0.717, 1.165) is 83.8 Å². The van der Waals surface area contributed by atoms with Crippen molar-refractivity contribution >= 4 is 5.97 Å². The molecule has 1 N–H and O–H groups in total. The van der Waals surface area contributed by atoms with Crippen molar-refractivity contribution < 1.29 is 33.6 Å². The zero-order valence-electron chi connectivity index (χ0n) is 23.8. The molecule has 7 nitrogen and oxygen atoms in total. The number of aliphatic hydroxyl groups excluding tert-OH is 1. The van der Waals surface area contributed by atoms with E-state index in [9.17, 15) is 9.90 Å². The van der Waals surface area contributed by atoms with Crippen LogP contribution in [0.1, 0.15) is 103 Å². The van der Waals surface area contributed by atoms with Gasteiger partial charge in [0.25, 0.3) is 0 Å². The van der Waals surface area contributed by atoms with Gasteiger partial charge in [0.15, 0.2) is 12.6 Å². The molecule has 0 amide bonds. The van der Waals surface area contributed by atoms with E-state index in [4.69, 9.17) is 23.7 Å². The maximum Gasteiger partial charge on any atom is 0.305 e. The number of carbonyl (C=O) groups is 1. The SMILES string of the molecule is CCCCC[C@@H](C=C[C@@H]1[C@@H](CC=CCCCC(=O)OC)[C@@H](O)C[C@H]1OC1CCCCO1)OC1CCCCO1. The van der Waals surface area contributed by atoms with Gasteiger partial charge in [-0.1, -0.05) is 50.5 Å². The maximum atomic E-state index is 11.3. The van der Waals surface area contributed by atoms with E-state index in [-0.39, 0.29) is 42.6 Å². The average Bonchev–Trinajstić information content (AvgIpc) is 3.23. The van der Waals surface area contributed by atoms with Gasteiger partial charge >= 0.3 is 5.97 Å². The van der Waals surface area contributed by atoms with Gasteiger partial charge in [0, 0.05) is 32.0 Å². The summed E-state index contributed by atoms with van der Waals surface area (Å²) >= 11 is 0. The van der Waals surface area contributed by atoms with Crippen LogP contribution in [0.2, 0.25) is 0 Å². The second-order valence-electron chi connectivity index (χ2n) is 11.0. The molecule has 3 fully saturated rings. The van der Waals surface area contributed by atoms with Gasteiger partial charge in [0.05, 0.1) is 25.4 Å². The highest BCUT2D eigenvalue weighted by Gasteiger charge is 2.42. The molecule has 3 aliphatic rings. The predicted octanol–water partition coefficient (Wildman–Crippen LogP) is 6.23. The molecule has 0 aromatic rings. The van der Waals surface area contributed by atoms with Crippen molar-refractivity contribution in [2.24, 2.45) is 11.8 Å². The Morgan fingerprint density at radius 1 is 1.03 bits per heavy atom. The van der Waals surface area contributed by atoms with Gasteiger partial charge in [-0.25, -0.2) is 0 Å². The third-order valence-corrected chi connectivity index (χ3v) is 8.02. The number of methoxy groups -OCH3 is 1. The van der Waals surface area contributed by atoms with Crippen LogP contribution in [0.25, 0.3) is 0 Å². The number of unbranched alkanes of at least 4 members (excludes halogenated alkanes) is 3. The topological polar surface area (TPSA) is 83.5 Å². The van der Waals surface area contributed by atoms with Gasteiger partial charge in [0.1, 0.15) is 0 Å². The highest BCUT2D eigenvalue weighted by Crippen LogP contribution is 2.39. The third-order valence-electron chi connectivity index (χ3n) is 8.02. The number of rotatable bonds is 16. The fourth-order valence-electron chi connectivity index (χ4n) is 5.75. The lowest BCUT2D eigenvalue weighted by atomic mass is 9.89. The van der Waals surface area contributed by atoms with Crippen LogP contribution < -0.4 is 0 Å². The molecule has 1 saturated carbocycles. The fourth-order valence-corrected chi connectivity index (χ4v) is 5.75. The monoisotopic (exact) mass is 536 g/mol. The van der Waals surface area contributed by atoms with Gasteiger partial charge in [-0.3, -0.25) is 4.79 Å². The molecule has 2 saturated heterocycles. The average molecular weight is 537 g/mol. The van der Waals surface area contributed by atoms with Crippen LogP contribution >= 0.6 is 0 Å². The zero-order chi connectivity index (χ0) is 27.0. The van der Waals surface area contributed by atoms with E-state index in [1.54, 1.807) is 0 Å². The molecule has 0 bridgehead atoms. The molecule has 0 spiro atoms. The smallest absolute Gasteiger partial charge is 0.305 e. The van der Waals surface area contributed by atoms with Crippen LogP contribution in [0, 0.1) is 11.8 Å². The summed E-state index contributed by atoms with van der Waals surface area (Å²) in [5, 5.41) is 11.1. The highest BCUT2D eigenvalue weighted by atomic mass is 16.7. The quantitative estimate of drug-likeness (QED) is 0.142. The summed E-state index contributed by atoms with van der Waals surface area (Å²) in [4.78, 5) is 11.3. The Labute approximate surface area is 230 Å². The van der Waals surface area contributed by atoms with E-state index >= 15 is 0 Å². The number of ether oxygens (including phenoxy) is 5. The lowest BCUT2D eigenvalue weighted by Crippen LogP contribution is -2.31. The van der Waals surface area contributed by atoms with Crippen LogP contribution in [0.5, 0.6) is 0 Å². The van der Waals surface area contributed by atoms with E-state index in [0.29, 0.717) is 12.8 Å². The second-order valence-corrected chi connectivity index (χ2v) is 11.0. The minimum atomic E-state index is -0.431. The molecule has 0 aromatic heterocycles. The Morgan fingerprint density at radius 3 is 2.47 bits per heavy atom. The van der Waals surface area contributed by atoms with Crippen molar-refractivity contribution in [3.8, 4) is 0 Å².